The van der Waals surface area contributed by atoms with Crippen molar-refractivity contribution < 1.29 is 28.7 Å². The number of hydrogen-bond acceptors (Lipinski definition) is 4. The van der Waals surface area contributed by atoms with Crippen LogP contribution in [0.4, 0.5) is 0 Å². The van der Waals surface area contributed by atoms with E-state index in [-0.39, 0.29) is 24.6 Å². The van der Waals surface area contributed by atoms with Crippen molar-refractivity contribution in [1.29, 1.82) is 0 Å². The molecule has 0 aliphatic rings. The topological polar surface area (TPSA) is 80.7 Å². The Morgan fingerprint density at radius 3 is 1.24 bits per heavy atom. The molecule has 266 valence electrons. The largest absolute Gasteiger partial charge is 0.481 e. The van der Waals surface area contributed by atoms with E-state index in [1.54, 1.807) is 0 Å². The van der Waals surface area contributed by atoms with Crippen molar-refractivity contribution in [3.05, 3.63) is 0 Å². The molecule has 0 aromatic rings. The molecule has 0 amide bonds. The summed E-state index contributed by atoms with van der Waals surface area (Å²) < 4.78 is 6.16. The molecule has 1 N–H and O–H groups in total. The van der Waals surface area contributed by atoms with E-state index in [2.05, 4.69) is 13.8 Å². The van der Waals surface area contributed by atoms with Gasteiger partial charge in [0.2, 0.25) is 0 Å². The first-order valence-corrected chi connectivity index (χ1v) is 19.4. The summed E-state index contributed by atoms with van der Waals surface area (Å²) in [6.45, 7) is 4.81. The molecule has 0 aromatic carbocycles. The average Bonchev–Trinajstić information content (AvgIpc) is 2.97. The Kier molecular flexibility index (Phi) is 29.0. The second-order valence-corrected chi connectivity index (χ2v) is 14.8. The third kappa shape index (κ3) is 28.5. The summed E-state index contributed by atoms with van der Waals surface area (Å²) in [6, 6.07) is 0. The van der Waals surface area contributed by atoms with Crippen LogP contribution in [0.25, 0.3) is 0 Å². The van der Waals surface area contributed by atoms with Gasteiger partial charge in [-0.25, -0.2) is 0 Å². The zero-order chi connectivity index (χ0) is 33.6. The van der Waals surface area contributed by atoms with Crippen molar-refractivity contribution in [2.24, 2.45) is 5.92 Å². The number of Topliss-reactive ketones (excluding diaryl/α,β-unsaturated/α-hetero) is 1. The molecule has 6 heteroatoms. The SMILES string of the molecule is CCCCCCCCCCCCCCCC(=O)OC(C[N+](C)(C)C)C(C(=O)O)[14C](=O)CCCCCCCCCCCCCCC. The lowest BCUT2D eigenvalue weighted by Crippen LogP contribution is -2.49. The fourth-order valence-corrected chi connectivity index (χ4v) is 6.24. The van der Waals surface area contributed by atoms with Crippen LogP contribution < -0.4 is 0 Å². The molecule has 0 bridgehead atoms. The maximum absolute atomic E-state index is 13.1. The summed E-state index contributed by atoms with van der Waals surface area (Å²) in [4.78, 5) is 38.1. The van der Waals surface area contributed by atoms with Crippen LogP contribution in [0.5, 0.6) is 0 Å². The number of rotatable bonds is 34. The Labute approximate surface area is 279 Å². The predicted molar refractivity (Wildman–Crippen MR) is 190 cm³/mol. The van der Waals surface area contributed by atoms with Gasteiger partial charge in [-0.2, -0.15) is 0 Å². The van der Waals surface area contributed by atoms with Gasteiger partial charge in [0.1, 0.15) is 6.54 Å². The van der Waals surface area contributed by atoms with Gasteiger partial charge in [0, 0.05) is 12.8 Å². The highest BCUT2D eigenvalue weighted by atomic mass is 16.5. The zero-order valence-electron chi connectivity index (χ0n) is 30.7. The lowest BCUT2D eigenvalue weighted by Gasteiger charge is -2.31. The number of ketones is 1. The highest BCUT2D eigenvalue weighted by Gasteiger charge is 2.40. The maximum atomic E-state index is 13.1. The molecule has 0 aliphatic carbocycles. The molecule has 0 saturated carbocycles. The Morgan fingerprint density at radius 2 is 0.911 bits per heavy atom. The van der Waals surface area contributed by atoms with Crippen LogP contribution >= 0.6 is 0 Å². The quantitative estimate of drug-likeness (QED) is 0.0327. The van der Waals surface area contributed by atoms with E-state index >= 15 is 0 Å². The van der Waals surface area contributed by atoms with E-state index in [9.17, 15) is 19.5 Å². The summed E-state index contributed by atoms with van der Waals surface area (Å²) in [5.74, 6) is -3.16. The standard InChI is InChI=1S/C39H75NO5/c1-6-8-10-12-14-16-18-20-22-24-26-28-30-32-35(41)38(39(43)44)36(34-40(3,4)5)45-37(42)33-31-29-27-25-23-21-19-17-15-13-11-9-7-2/h36,38H,6-34H2,1-5H3/p+1/i35+2. The Bertz CT molecular complexity index is 717. The van der Waals surface area contributed by atoms with Crippen LogP contribution in [-0.4, -0.2) is 61.1 Å². The van der Waals surface area contributed by atoms with Crippen LogP contribution in [0.3, 0.4) is 0 Å². The molecule has 0 rings (SSSR count). The number of quaternary nitrogens is 1. The second kappa shape index (κ2) is 29.9. The van der Waals surface area contributed by atoms with E-state index in [1.165, 1.54) is 128 Å². The number of nitrogens with zero attached hydrogens (tertiary/aromatic N) is 1. The average molecular weight is 641 g/mol. The van der Waals surface area contributed by atoms with Gasteiger partial charge in [-0.05, 0) is 12.8 Å². The highest BCUT2D eigenvalue weighted by molar-refractivity contribution is 5.99. The lowest BCUT2D eigenvalue weighted by molar-refractivity contribution is -0.873. The minimum absolute atomic E-state index is 0.235. The summed E-state index contributed by atoms with van der Waals surface area (Å²) in [6.07, 6.45) is 31.5. The third-order valence-electron chi connectivity index (χ3n) is 9.01. The molecule has 0 aliphatic heterocycles. The minimum atomic E-state index is -1.30. The first kappa shape index (κ1) is 43.6. The molecule has 0 heterocycles. The fourth-order valence-electron chi connectivity index (χ4n) is 6.24. The van der Waals surface area contributed by atoms with Crippen LogP contribution in [0.2, 0.25) is 0 Å². The van der Waals surface area contributed by atoms with E-state index in [4.69, 9.17) is 4.74 Å². The Morgan fingerprint density at radius 1 is 0.578 bits per heavy atom. The number of aliphatic carboxylic acids is 1. The monoisotopic (exact) mass is 641 g/mol. The van der Waals surface area contributed by atoms with E-state index < -0.39 is 18.0 Å². The number of carboxylic acids is 1. The van der Waals surface area contributed by atoms with Gasteiger partial charge in [0.15, 0.2) is 17.8 Å². The highest BCUT2D eigenvalue weighted by Crippen LogP contribution is 2.20. The van der Waals surface area contributed by atoms with E-state index in [0.717, 1.165) is 32.1 Å². The van der Waals surface area contributed by atoms with E-state index in [1.807, 2.05) is 21.1 Å². The number of ether oxygens (including phenoxy) is 1. The van der Waals surface area contributed by atoms with Gasteiger partial charge in [0.25, 0.3) is 0 Å². The number of hydrogen-bond donors (Lipinski definition) is 1. The molecule has 6 nitrogen and oxygen atoms in total. The molecule has 45 heavy (non-hydrogen) atoms. The molecule has 2 atom stereocenters. The number of unbranched alkanes of at least 4 members (excludes halogenated alkanes) is 24. The number of carbonyl (C=O) groups excluding carboxylic acids is 2. The smallest absolute Gasteiger partial charge is 0.318 e. The van der Waals surface area contributed by atoms with Crippen LogP contribution in [0.15, 0.2) is 0 Å². The predicted octanol–water partition coefficient (Wildman–Crippen LogP) is 10.8. The Hall–Kier alpha value is -1.43. The molecule has 0 saturated heterocycles. The van der Waals surface area contributed by atoms with E-state index in [0.29, 0.717) is 17.4 Å². The molecule has 0 aromatic heterocycles. The molecule has 2 unspecified atom stereocenters. The second-order valence-electron chi connectivity index (χ2n) is 14.8. The van der Waals surface area contributed by atoms with Gasteiger partial charge < -0.3 is 14.3 Å². The van der Waals surface area contributed by atoms with Crippen LogP contribution in [0.1, 0.15) is 194 Å². The number of carbonyl (C=O) groups is 3. The number of likely N-dealkylation sites (N-methyl/N-ethyl adjacent to an activating group) is 1. The van der Waals surface area contributed by atoms with Crippen molar-refractivity contribution in [2.45, 2.75) is 200 Å². The fraction of sp³-hybridized carbons (Fsp3) is 0.923. The molecular weight excluding hydrogens is 564 g/mol. The molecule has 0 fully saturated rings. The maximum Gasteiger partial charge on any atom is 0.318 e. The number of esters is 1. The minimum Gasteiger partial charge on any atom is -0.481 e. The van der Waals surface area contributed by atoms with Crippen LogP contribution in [-0.2, 0) is 19.1 Å². The summed E-state index contributed by atoms with van der Waals surface area (Å²) in [7, 11) is 5.80. The normalized spacial score (nSPS) is 13.1. The van der Waals surface area contributed by atoms with Crippen molar-refractivity contribution in [2.75, 3.05) is 27.7 Å². The first-order valence-electron chi connectivity index (χ1n) is 19.4. The van der Waals surface area contributed by atoms with Crippen molar-refractivity contribution in [3.8, 4) is 0 Å². The molecule has 0 spiro atoms. The zero-order valence-corrected chi connectivity index (χ0v) is 30.7. The molecule has 0 radical (unpaired) electrons. The van der Waals surface area contributed by atoms with Gasteiger partial charge >= 0.3 is 11.9 Å². The first-order chi connectivity index (χ1) is 21.6. The van der Waals surface area contributed by atoms with Crippen LogP contribution in [0, 0.1) is 5.92 Å². The van der Waals surface area contributed by atoms with Gasteiger partial charge in [-0.15, -0.1) is 0 Å². The molecular formula is C39H76NO5+. The van der Waals surface area contributed by atoms with Crippen molar-refractivity contribution >= 4 is 17.7 Å². The van der Waals surface area contributed by atoms with Gasteiger partial charge in [0.05, 0.1) is 21.1 Å². The van der Waals surface area contributed by atoms with Crippen molar-refractivity contribution in [1.82, 2.24) is 0 Å². The van der Waals surface area contributed by atoms with Gasteiger partial charge in [-0.1, -0.05) is 168 Å². The van der Waals surface area contributed by atoms with Crippen molar-refractivity contribution in [3.63, 3.8) is 0 Å². The van der Waals surface area contributed by atoms with Gasteiger partial charge in [-0.3, -0.25) is 14.4 Å². The third-order valence-corrected chi connectivity index (χ3v) is 9.01. The number of carboxylic acid groups (broad SMARTS) is 1. The Balaban J connectivity index is 4.32. The lowest BCUT2D eigenvalue weighted by atomic mass is 10.0. The summed E-state index contributed by atoms with van der Waals surface area (Å²) >= 11 is 0. The summed E-state index contributed by atoms with van der Waals surface area (Å²) in [5, 5.41) is 10.0. The summed E-state index contributed by atoms with van der Waals surface area (Å²) in [5.41, 5.74) is 0.